The van der Waals surface area contributed by atoms with E-state index in [0.29, 0.717) is 0 Å². The average molecular weight is 378 g/mol. The number of aromatic carboxylic acids is 1. The fourth-order valence-corrected chi connectivity index (χ4v) is 3.40. The van der Waals surface area contributed by atoms with E-state index in [2.05, 4.69) is 10.3 Å². The SMILES string of the molecule is O=C(Nc1cc(F)c(C(=O)O)cn1)OCC1c2ccccc2-c2ccccc21. The maximum absolute atomic E-state index is 13.7. The van der Waals surface area contributed by atoms with Crippen molar-refractivity contribution in [2.24, 2.45) is 0 Å². The van der Waals surface area contributed by atoms with Crippen molar-refractivity contribution in [2.75, 3.05) is 11.9 Å². The van der Waals surface area contributed by atoms with Gasteiger partial charge in [-0.25, -0.2) is 19.0 Å². The van der Waals surface area contributed by atoms with Gasteiger partial charge in [-0.3, -0.25) is 5.32 Å². The summed E-state index contributed by atoms with van der Waals surface area (Å²) in [7, 11) is 0. The van der Waals surface area contributed by atoms with Crippen molar-refractivity contribution >= 4 is 17.9 Å². The second kappa shape index (κ2) is 7.11. The van der Waals surface area contributed by atoms with Crippen LogP contribution in [0.1, 0.15) is 27.4 Å². The maximum atomic E-state index is 13.7. The smallest absolute Gasteiger partial charge is 0.412 e. The highest BCUT2D eigenvalue weighted by Gasteiger charge is 2.29. The molecule has 140 valence electrons. The Morgan fingerprint density at radius 3 is 2.25 bits per heavy atom. The highest BCUT2D eigenvalue weighted by molar-refractivity contribution is 5.89. The fraction of sp³-hybridized carbons (Fsp3) is 0.0952. The number of anilines is 1. The number of carboxylic acids is 1. The molecule has 0 atom stereocenters. The molecule has 2 aromatic carbocycles. The number of benzene rings is 2. The van der Waals surface area contributed by atoms with Gasteiger partial charge in [0, 0.05) is 18.2 Å². The van der Waals surface area contributed by atoms with E-state index in [-0.39, 0.29) is 18.3 Å². The number of rotatable bonds is 4. The van der Waals surface area contributed by atoms with Gasteiger partial charge < -0.3 is 9.84 Å². The summed E-state index contributed by atoms with van der Waals surface area (Å²) >= 11 is 0. The summed E-state index contributed by atoms with van der Waals surface area (Å²) in [5.41, 5.74) is 3.80. The third-order valence-electron chi connectivity index (χ3n) is 4.66. The number of nitrogens with one attached hydrogen (secondary N) is 1. The molecule has 1 aliphatic rings. The molecule has 0 radical (unpaired) electrons. The van der Waals surface area contributed by atoms with E-state index in [0.717, 1.165) is 34.5 Å². The first-order valence-electron chi connectivity index (χ1n) is 8.55. The quantitative estimate of drug-likeness (QED) is 0.707. The van der Waals surface area contributed by atoms with Gasteiger partial charge in [-0.15, -0.1) is 0 Å². The predicted molar refractivity (Wildman–Crippen MR) is 99.8 cm³/mol. The van der Waals surface area contributed by atoms with Crippen LogP contribution in [0.5, 0.6) is 0 Å². The van der Waals surface area contributed by atoms with Crippen LogP contribution in [0.4, 0.5) is 15.0 Å². The van der Waals surface area contributed by atoms with Crippen LogP contribution in [0.15, 0.2) is 60.8 Å². The molecule has 0 saturated heterocycles. The lowest BCUT2D eigenvalue weighted by Crippen LogP contribution is -2.19. The predicted octanol–water partition coefficient (Wildman–Crippen LogP) is 4.28. The van der Waals surface area contributed by atoms with Crippen LogP contribution in [0.3, 0.4) is 0 Å². The molecule has 7 heteroatoms. The van der Waals surface area contributed by atoms with Crippen LogP contribution in [0.2, 0.25) is 0 Å². The summed E-state index contributed by atoms with van der Waals surface area (Å²) in [6.07, 6.45) is 0.0494. The summed E-state index contributed by atoms with van der Waals surface area (Å²) in [5.74, 6) is -2.65. The lowest BCUT2D eigenvalue weighted by Gasteiger charge is -2.14. The van der Waals surface area contributed by atoms with E-state index in [1.807, 2.05) is 48.5 Å². The number of hydrogen-bond acceptors (Lipinski definition) is 4. The average Bonchev–Trinajstić information content (AvgIpc) is 3.00. The molecule has 2 N–H and O–H groups in total. The fourth-order valence-electron chi connectivity index (χ4n) is 3.40. The van der Waals surface area contributed by atoms with Gasteiger partial charge in [0.2, 0.25) is 0 Å². The number of pyridine rings is 1. The van der Waals surface area contributed by atoms with Crippen LogP contribution in [0.25, 0.3) is 11.1 Å². The minimum Gasteiger partial charge on any atom is -0.478 e. The topological polar surface area (TPSA) is 88.5 Å². The molecule has 0 unspecified atom stereocenters. The zero-order chi connectivity index (χ0) is 19.7. The van der Waals surface area contributed by atoms with E-state index in [9.17, 15) is 14.0 Å². The van der Waals surface area contributed by atoms with Crippen molar-refractivity contribution in [1.29, 1.82) is 0 Å². The molecule has 4 rings (SSSR count). The number of carbonyl (C=O) groups is 2. The van der Waals surface area contributed by atoms with E-state index in [1.165, 1.54) is 0 Å². The number of fused-ring (bicyclic) bond motifs is 3. The van der Waals surface area contributed by atoms with Gasteiger partial charge in [-0.05, 0) is 22.3 Å². The molecule has 1 amide bonds. The molecule has 0 saturated carbocycles. The molecular formula is C21H15FN2O4. The van der Waals surface area contributed by atoms with Gasteiger partial charge in [0.15, 0.2) is 0 Å². The van der Waals surface area contributed by atoms with E-state index < -0.39 is 23.4 Å². The molecule has 1 aromatic heterocycles. The minimum atomic E-state index is -1.43. The molecule has 28 heavy (non-hydrogen) atoms. The van der Waals surface area contributed by atoms with Gasteiger partial charge in [0.1, 0.15) is 23.8 Å². The highest BCUT2D eigenvalue weighted by Crippen LogP contribution is 2.44. The van der Waals surface area contributed by atoms with Crippen molar-refractivity contribution in [3.8, 4) is 11.1 Å². The Labute approximate surface area is 159 Å². The Balaban J connectivity index is 1.47. The number of amides is 1. The number of nitrogens with zero attached hydrogens (tertiary/aromatic N) is 1. The largest absolute Gasteiger partial charge is 0.478 e. The van der Waals surface area contributed by atoms with Crippen molar-refractivity contribution < 1.29 is 23.8 Å². The van der Waals surface area contributed by atoms with Crippen LogP contribution in [-0.2, 0) is 4.74 Å². The summed E-state index contributed by atoms with van der Waals surface area (Å²) in [5, 5.41) is 11.1. The second-order valence-corrected chi connectivity index (χ2v) is 6.31. The highest BCUT2D eigenvalue weighted by atomic mass is 19.1. The number of ether oxygens (including phenoxy) is 1. The lowest BCUT2D eigenvalue weighted by atomic mass is 9.98. The number of carbonyl (C=O) groups excluding carboxylic acids is 1. The summed E-state index contributed by atoms with van der Waals surface area (Å²) in [6.45, 7) is 0.107. The van der Waals surface area contributed by atoms with Crippen LogP contribution >= 0.6 is 0 Å². The van der Waals surface area contributed by atoms with Crippen molar-refractivity contribution in [3.63, 3.8) is 0 Å². The van der Waals surface area contributed by atoms with Crippen LogP contribution in [0, 0.1) is 5.82 Å². The Morgan fingerprint density at radius 1 is 1.07 bits per heavy atom. The molecule has 3 aromatic rings. The van der Waals surface area contributed by atoms with Crippen molar-refractivity contribution in [3.05, 3.63) is 83.3 Å². The molecule has 0 spiro atoms. The van der Waals surface area contributed by atoms with E-state index in [4.69, 9.17) is 9.84 Å². The normalized spacial score (nSPS) is 12.2. The molecular weight excluding hydrogens is 363 g/mol. The van der Waals surface area contributed by atoms with Gasteiger partial charge >= 0.3 is 12.1 Å². The monoisotopic (exact) mass is 378 g/mol. The molecule has 6 nitrogen and oxygen atoms in total. The minimum absolute atomic E-state index is 0.0998. The van der Waals surface area contributed by atoms with E-state index in [1.54, 1.807) is 0 Å². The number of aromatic nitrogens is 1. The van der Waals surface area contributed by atoms with Crippen molar-refractivity contribution in [2.45, 2.75) is 5.92 Å². The zero-order valence-electron chi connectivity index (χ0n) is 14.6. The Bertz CT molecular complexity index is 1040. The van der Waals surface area contributed by atoms with E-state index >= 15 is 0 Å². The van der Waals surface area contributed by atoms with Gasteiger partial charge in [-0.1, -0.05) is 48.5 Å². The second-order valence-electron chi connectivity index (χ2n) is 6.31. The van der Waals surface area contributed by atoms with Gasteiger partial charge in [0.25, 0.3) is 0 Å². The molecule has 1 heterocycles. The lowest BCUT2D eigenvalue weighted by molar-refractivity contribution is 0.0691. The first-order valence-corrected chi connectivity index (χ1v) is 8.55. The molecule has 0 aliphatic heterocycles. The molecule has 0 bridgehead atoms. The van der Waals surface area contributed by atoms with Crippen molar-refractivity contribution in [1.82, 2.24) is 4.98 Å². The first-order chi connectivity index (χ1) is 13.5. The third kappa shape index (κ3) is 3.18. The maximum Gasteiger partial charge on any atom is 0.412 e. The Kier molecular flexibility index (Phi) is 4.49. The zero-order valence-corrected chi connectivity index (χ0v) is 14.6. The van der Waals surface area contributed by atoms with Gasteiger partial charge in [0.05, 0.1) is 0 Å². The first kappa shape index (κ1) is 17.7. The number of carboxylic acid groups (broad SMARTS) is 1. The third-order valence-corrected chi connectivity index (χ3v) is 4.66. The summed E-state index contributed by atoms with van der Waals surface area (Å²) in [4.78, 5) is 26.6. The Morgan fingerprint density at radius 2 is 1.68 bits per heavy atom. The molecule has 1 aliphatic carbocycles. The van der Waals surface area contributed by atoms with Gasteiger partial charge in [-0.2, -0.15) is 0 Å². The van der Waals surface area contributed by atoms with Crippen LogP contribution in [-0.4, -0.2) is 28.8 Å². The standard InChI is InChI=1S/C21H15FN2O4/c22-18-9-19(23-10-16(18)20(25)26)24-21(27)28-11-17-14-7-3-1-5-12(14)13-6-2-4-8-15(13)17/h1-10,17H,11H2,(H,25,26)(H,23,24,27). The summed E-state index contributed by atoms with van der Waals surface area (Å²) < 4.78 is 19.0. The Hall–Kier alpha value is -3.74. The van der Waals surface area contributed by atoms with Crippen LogP contribution < -0.4 is 5.32 Å². The summed E-state index contributed by atoms with van der Waals surface area (Å²) in [6, 6.07) is 16.7. The number of halogens is 1. The number of hydrogen-bond donors (Lipinski definition) is 2. The molecule has 0 fully saturated rings.